The van der Waals surface area contributed by atoms with Crippen LogP contribution in [-0.4, -0.2) is 123 Å². The molecule has 15 nitrogen and oxygen atoms in total. The van der Waals surface area contributed by atoms with Crippen LogP contribution in [0.3, 0.4) is 0 Å². The standard InChI is InChI=1S/C51H67N9O6S/c1-8-59-39-20-19-32-23-34(39)35(46(59)33-15-11-21-52-42(33)29(2)3)25-51(4,5)28-66-50(65)36-16-12-22-60(56-36)48(63)37(24-40-53-38(32)27-67-40)54-47(62)45(31-13-9-10-14-31)58(7)41(61)26-57(6)49(64)44-43(55-44)30-17-18-30/h11,15,19-21,23,27,29-31,36-37,43-45,55-56H,8-10,12-14,16-18,22,24-26,28H2,1-7H3,(H,54,62)/t36-,37-,43+,44+,45-/m0/s1. The van der Waals surface area contributed by atoms with E-state index in [9.17, 15) is 24.0 Å². The summed E-state index contributed by atoms with van der Waals surface area (Å²) >= 11 is 1.43. The zero-order chi connectivity index (χ0) is 47.3. The number of carbonyl (C=O) groups is 5. The molecule has 6 bridgehead atoms. The highest BCUT2D eigenvalue weighted by molar-refractivity contribution is 7.10. The first-order valence-corrected chi connectivity index (χ1v) is 25.4. The van der Waals surface area contributed by atoms with E-state index >= 15 is 0 Å². The van der Waals surface area contributed by atoms with Crippen LogP contribution < -0.4 is 16.1 Å². The Hall–Kier alpha value is -5.19. The predicted octanol–water partition coefficient (Wildman–Crippen LogP) is 5.84. The number of thiazole rings is 1. The highest BCUT2D eigenvalue weighted by Gasteiger charge is 2.52. The number of amides is 4. The van der Waals surface area contributed by atoms with Crippen molar-refractivity contribution < 1.29 is 28.7 Å². The molecule has 2 aliphatic carbocycles. The molecule has 2 saturated heterocycles. The first-order valence-electron chi connectivity index (χ1n) is 24.5. The van der Waals surface area contributed by atoms with E-state index in [2.05, 4.69) is 79.5 Å². The molecule has 0 unspecified atom stereocenters. The van der Waals surface area contributed by atoms with Crippen molar-refractivity contribution in [2.24, 2.45) is 17.3 Å². The molecule has 5 aliphatic rings. The fourth-order valence-corrected chi connectivity index (χ4v) is 11.7. The van der Waals surface area contributed by atoms with Gasteiger partial charge >= 0.3 is 5.97 Å². The summed E-state index contributed by atoms with van der Waals surface area (Å²) in [5.41, 5.74) is 9.86. The van der Waals surface area contributed by atoms with Gasteiger partial charge < -0.3 is 24.4 Å². The Bertz CT molecular complexity index is 2540. The number of nitrogens with one attached hydrogen (secondary N) is 3. The van der Waals surface area contributed by atoms with E-state index < -0.39 is 41.3 Å². The van der Waals surface area contributed by atoms with Gasteiger partial charge in [-0.05, 0) is 99.5 Å². The smallest absolute Gasteiger partial charge is 0.324 e. The number of nitrogens with zero attached hydrogens (tertiary/aromatic N) is 6. The number of benzene rings is 1. The molecule has 6 heterocycles. The Kier molecular flexibility index (Phi) is 13.3. The van der Waals surface area contributed by atoms with Crippen LogP contribution in [0.25, 0.3) is 33.4 Å². The van der Waals surface area contributed by atoms with Gasteiger partial charge in [0, 0.05) is 78.7 Å². The van der Waals surface area contributed by atoms with Gasteiger partial charge in [-0.25, -0.2) is 10.4 Å². The topological polar surface area (TPSA) is 181 Å². The molecule has 3 aromatic heterocycles. The number of carbonyl (C=O) groups excluding carboxylic acids is 5. The van der Waals surface area contributed by atoms with Crippen LogP contribution in [0.1, 0.15) is 108 Å². The summed E-state index contributed by atoms with van der Waals surface area (Å²) in [6, 6.07) is 7.86. The van der Waals surface area contributed by atoms with Crippen LogP contribution in [0.15, 0.2) is 41.9 Å². The third-order valence-electron chi connectivity index (χ3n) is 14.7. The molecule has 3 N–H and O–H groups in total. The highest BCUT2D eigenvalue weighted by Crippen LogP contribution is 2.43. The average Bonchev–Trinajstić information content (AvgIpc) is 4.18. The Labute approximate surface area is 397 Å². The monoisotopic (exact) mass is 933 g/mol. The van der Waals surface area contributed by atoms with Gasteiger partial charge in [0.2, 0.25) is 17.7 Å². The number of likely N-dealkylation sites (N-methyl/N-ethyl adjacent to an activating group) is 2. The maximum atomic E-state index is 14.8. The molecule has 16 heteroatoms. The van der Waals surface area contributed by atoms with Gasteiger partial charge in [-0.3, -0.25) is 39.3 Å². The normalized spacial score (nSPS) is 23.7. The van der Waals surface area contributed by atoms with Gasteiger partial charge in [-0.15, -0.1) is 11.3 Å². The molecule has 0 radical (unpaired) electrons. The minimum atomic E-state index is -1.06. The lowest BCUT2D eigenvalue weighted by Gasteiger charge is -2.37. The number of ether oxygens (including phenoxy) is 1. The fraction of sp³-hybridized carbons (Fsp3) is 0.588. The number of aromatic nitrogens is 3. The molecule has 67 heavy (non-hydrogen) atoms. The minimum Gasteiger partial charge on any atom is -0.464 e. The largest absolute Gasteiger partial charge is 0.464 e. The van der Waals surface area contributed by atoms with Crippen LogP contribution in [0.2, 0.25) is 0 Å². The van der Waals surface area contributed by atoms with Crippen molar-refractivity contribution in [3.63, 3.8) is 0 Å². The second kappa shape index (κ2) is 19.1. The molecule has 2 saturated carbocycles. The zero-order valence-electron chi connectivity index (χ0n) is 40.1. The van der Waals surface area contributed by atoms with Gasteiger partial charge in [0.15, 0.2) is 0 Å². The molecule has 9 rings (SSSR count). The fourth-order valence-electron chi connectivity index (χ4n) is 10.8. The summed E-state index contributed by atoms with van der Waals surface area (Å²) in [6.07, 6.45) is 9.25. The number of esters is 1. The Morgan fingerprint density at radius 2 is 1.82 bits per heavy atom. The second-order valence-electron chi connectivity index (χ2n) is 20.7. The number of rotatable bonds is 11. The van der Waals surface area contributed by atoms with Crippen LogP contribution >= 0.6 is 11.3 Å². The van der Waals surface area contributed by atoms with E-state index in [0.29, 0.717) is 36.7 Å². The molecule has 4 aromatic rings. The lowest BCUT2D eigenvalue weighted by Crippen LogP contribution is -2.62. The van der Waals surface area contributed by atoms with Gasteiger partial charge in [0.05, 0.1) is 35.2 Å². The lowest BCUT2D eigenvalue weighted by molar-refractivity contribution is -0.155. The third-order valence-corrected chi connectivity index (χ3v) is 15.5. The van der Waals surface area contributed by atoms with E-state index in [1.54, 1.807) is 14.1 Å². The van der Waals surface area contributed by atoms with Crippen molar-refractivity contribution in [2.75, 3.05) is 33.8 Å². The van der Waals surface area contributed by atoms with E-state index in [4.69, 9.17) is 14.7 Å². The van der Waals surface area contributed by atoms with E-state index in [1.807, 2.05) is 17.6 Å². The molecule has 3 aliphatic heterocycles. The van der Waals surface area contributed by atoms with Gasteiger partial charge in [0.25, 0.3) is 5.91 Å². The van der Waals surface area contributed by atoms with Crippen molar-refractivity contribution in [1.29, 1.82) is 0 Å². The van der Waals surface area contributed by atoms with Crippen molar-refractivity contribution in [3.05, 3.63) is 58.2 Å². The lowest BCUT2D eigenvalue weighted by atomic mass is 9.84. The summed E-state index contributed by atoms with van der Waals surface area (Å²) in [4.78, 5) is 83.6. The number of hydrogen-bond donors (Lipinski definition) is 3. The van der Waals surface area contributed by atoms with Gasteiger partial charge in [-0.1, -0.05) is 46.6 Å². The SMILES string of the molecule is CCn1c(-c2cccnc2C(C)C)c2c3cc(ccc31)-c1csc(n1)C[C@H](NC(=O)[C@H](C1CCCC1)N(C)C(=O)CN(C)C(=O)[C@@H]1N[C@@H]1C1CC1)C(=O)N1CCC[C@H](N1)C(=O)OCC(C)(C)C2. The van der Waals surface area contributed by atoms with Crippen LogP contribution in [0.5, 0.6) is 0 Å². The number of hydrogen-bond acceptors (Lipinski definition) is 11. The quantitative estimate of drug-likeness (QED) is 0.122. The summed E-state index contributed by atoms with van der Waals surface area (Å²) in [5, 5.41) is 11.6. The van der Waals surface area contributed by atoms with Gasteiger partial charge in [0.1, 0.15) is 24.2 Å². The minimum absolute atomic E-state index is 0.0996. The summed E-state index contributed by atoms with van der Waals surface area (Å²) < 4.78 is 8.51. The molecule has 4 amide bonds. The van der Waals surface area contributed by atoms with E-state index in [-0.39, 0.29) is 55.3 Å². The number of aryl methyl sites for hydroxylation is 1. The molecule has 358 valence electrons. The maximum absolute atomic E-state index is 14.8. The van der Waals surface area contributed by atoms with Crippen molar-refractivity contribution in [1.82, 2.24) is 45.4 Å². The second-order valence-corrected chi connectivity index (χ2v) is 21.7. The molecule has 5 atom stereocenters. The van der Waals surface area contributed by atoms with Crippen molar-refractivity contribution in [2.45, 2.75) is 141 Å². The van der Waals surface area contributed by atoms with Crippen molar-refractivity contribution in [3.8, 4) is 22.5 Å². The highest BCUT2D eigenvalue weighted by atomic mass is 32.1. The zero-order valence-corrected chi connectivity index (χ0v) is 40.9. The number of hydrazine groups is 1. The summed E-state index contributed by atoms with van der Waals surface area (Å²) in [7, 11) is 3.27. The first-order chi connectivity index (χ1) is 32.1. The molecule has 4 fully saturated rings. The Morgan fingerprint density at radius 1 is 1.04 bits per heavy atom. The van der Waals surface area contributed by atoms with Crippen LogP contribution in [0.4, 0.5) is 0 Å². The van der Waals surface area contributed by atoms with Crippen LogP contribution in [0, 0.1) is 17.3 Å². The summed E-state index contributed by atoms with van der Waals surface area (Å²) in [5.74, 6) is -1.09. The Balaban J connectivity index is 1.05. The Morgan fingerprint density at radius 3 is 2.55 bits per heavy atom. The van der Waals surface area contributed by atoms with E-state index in [0.717, 1.165) is 89.7 Å². The molecule has 1 aromatic carbocycles. The molecular formula is C51H67N9O6S. The first kappa shape index (κ1) is 46.9. The number of cyclic esters (lactones) is 1. The maximum Gasteiger partial charge on any atom is 0.324 e. The average molecular weight is 934 g/mol. The number of fused-ring (bicyclic) bond motifs is 6. The number of pyridine rings is 1. The predicted molar refractivity (Wildman–Crippen MR) is 258 cm³/mol. The molecular weight excluding hydrogens is 867 g/mol. The third kappa shape index (κ3) is 9.76. The summed E-state index contributed by atoms with van der Waals surface area (Å²) in [6.45, 7) is 11.8. The molecule has 0 spiro atoms. The van der Waals surface area contributed by atoms with E-state index in [1.165, 1.54) is 26.1 Å². The van der Waals surface area contributed by atoms with Gasteiger partial charge in [-0.2, -0.15) is 0 Å². The van der Waals surface area contributed by atoms with Crippen molar-refractivity contribution >= 4 is 51.8 Å². The van der Waals surface area contributed by atoms with Crippen LogP contribution in [-0.2, 0) is 48.1 Å².